The molecule has 2 heterocycles. The van der Waals surface area contributed by atoms with Crippen LogP contribution in [0, 0.1) is 6.92 Å². The van der Waals surface area contributed by atoms with E-state index in [1.54, 1.807) is 25.6 Å². The maximum Gasteiger partial charge on any atom is 0.183 e. The number of hydrogen-bond acceptors (Lipinski definition) is 8. The first-order valence-corrected chi connectivity index (χ1v) is 15.7. The summed E-state index contributed by atoms with van der Waals surface area (Å²) in [6.07, 6.45) is 0. The van der Waals surface area contributed by atoms with Crippen LogP contribution in [-0.4, -0.2) is 41.4 Å². The Kier molecular flexibility index (Phi) is 9.94. The molecule has 0 saturated heterocycles. The van der Waals surface area contributed by atoms with E-state index >= 15 is 0 Å². The Hall–Kier alpha value is -4.04. The highest BCUT2D eigenvalue weighted by molar-refractivity contribution is 7.14. The van der Waals surface area contributed by atoms with Crippen LogP contribution in [0.4, 0.5) is 5.13 Å². The molecule has 0 atom stereocenters. The summed E-state index contributed by atoms with van der Waals surface area (Å²) in [5.74, 6) is 3.40. The minimum absolute atomic E-state index is 0.186. The zero-order chi connectivity index (χ0) is 32.2. The second-order valence-corrected chi connectivity index (χ2v) is 13.8. The lowest BCUT2D eigenvalue weighted by atomic mass is 10.1. The number of ether oxygens (including phenoxy) is 4. The standard InChI is InChI=1S/C21H27N3O2S.C15H18O2/c1-12(2)22-20-24-16(11-27-20)15-10-18(26-21(4,5)6)14-8-9-17(25-7)13(3)19(14)23-15;1-15(2,3)17-14-7-5-6-11-10-12(16-4)8-9-13(11)14/h8-12H,1-7H3,(H,22,24);5-10H,1-4H3. The van der Waals surface area contributed by atoms with Gasteiger partial charge in [0, 0.05) is 33.8 Å². The Morgan fingerprint density at radius 3 is 2.05 bits per heavy atom. The number of hydrogen-bond donors (Lipinski definition) is 1. The van der Waals surface area contributed by atoms with Crippen molar-refractivity contribution in [3.05, 3.63) is 65.5 Å². The van der Waals surface area contributed by atoms with Crippen molar-refractivity contribution >= 4 is 38.1 Å². The van der Waals surface area contributed by atoms with Gasteiger partial charge in [-0.15, -0.1) is 11.3 Å². The summed E-state index contributed by atoms with van der Waals surface area (Å²) in [4.78, 5) is 9.59. The molecule has 1 N–H and O–H groups in total. The van der Waals surface area contributed by atoms with E-state index in [0.717, 1.165) is 66.8 Å². The zero-order valence-corrected chi connectivity index (χ0v) is 28.6. The van der Waals surface area contributed by atoms with Gasteiger partial charge in [0.1, 0.15) is 39.9 Å². The number of pyridine rings is 1. The van der Waals surface area contributed by atoms with Crippen LogP contribution in [0.2, 0.25) is 0 Å². The Morgan fingerprint density at radius 1 is 0.727 bits per heavy atom. The average molecular weight is 616 g/mol. The third-order valence-electron chi connectivity index (χ3n) is 6.43. The molecule has 0 aliphatic heterocycles. The first kappa shape index (κ1) is 32.9. The fourth-order valence-corrected chi connectivity index (χ4v) is 5.48. The molecule has 0 aliphatic rings. The maximum absolute atomic E-state index is 6.26. The molecule has 5 aromatic rings. The maximum atomic E-state index is 6.26. The predicted octanol–water partition coefficient (Wildman–Crippen LogP) is 9.70. The van der Waals surface area contributed by atoms with E-state index in [1.165, 1.54) is 0 Å². The summed E-state index contributed by atoms with van der Waals surface area (Å²) in [5, 5.41) is 9.48. The van der Waals surface area contributed by atoms with E-state index in [4.69, 9.17) is 28.9 Å². The van der Waals surface area contributed by atoms with Crippen molar-refractivity contribution in [2.45, 2.75) is 79.6 Å². The summed E-state index contributed by atoms with van der Waals surface area (Å²) < 4.78 is 22.9. The van der Waals surface area contributed by atoms with Crippen molar-refractivity contribution < 1.29 is 18.9 Å². The van der Waals surface area contributed by atoms with Gasteiger partial charge >= 0.3 is 0 Å². The second-order valence-electron chi connectivity index (χ2n) is 12.9. The third-order valence-corrected chi connectivity index (χ3v) is 7.20. The van der Waals surface area contributed by atoms with Crippen molar-refractivity contribution in [3.8, 4) is 34.4 Å². The molecule has 0 aliphatic carbocycles. The predicted molar refractivity (Wildman–Crippen MR) is 184 cm³/mol. The molecule has 0 bridgehead atoms. The van der Waals surface area contributed by atoms with E-state index < -0.39 is 0 Å². The molecule has 44 heavy (non-hydrogen) atoms. The Morgan fingerprint density at radius 2 is 1.41 bits per heavy atom. The minimum atomic E-state index is -0.314. The summed E-state index contributed by atoms with van der Waals surface area (Å²) >= 11 is 1.58. The third kappa shape index (κ3) is 8.32. The van der Waals surface area contributed by atoms with Crippen LogP contribution in [0.1, 0.15) is 61.0 Å². The number of aromatic nitrogens is 2. The van der Waals surface area contributed by atoms with E-state index in [0.29, 0.717) is 6.04 Å². The molecule has 8 heteroatoms. The number of nitrogens with one attached hydrogen (secondary N) is 1. The van der Waals surface area contributed by atoms with Gasteiger partial charge in [0.15, 0.2) is 5.13 Å². The molecule has 3 aromatic carbocycles. The van der Waals surface area contributed by atoms with Gasteiger partial charge in [-0.25, -0.2) is 9.97 Å². The van der Waals surface area contributed by atoms with E-state index in [2.05, 4.69) is 46.0 Å². The van der Waals surface area contributed by atoms with Crippen LogP contribution in [0.25, 0.3) is 33.1 Å². The second kappa shape index (κ2) is 13.3. The van der Waals surface area contributed by atoms with Crippen molar-refractivity contribution in [1.29, 1.82) is 0 Å². The summed E-state index contributed by atoms with van der Waals surface area (Å²) in [7, 11) is 3.35. The molecule has 0 spiro atoms. The van der Waals surface area contributed by atoms with Gasteiger partial charge in [0.05, 0.1) is 25.4 Å². The summed E-state index contributed by atoms with van der Waals surface area (Å²) in [6, 6.07) is 18.4. The van der Waals surface area contributed by atoms with Crippen molar-refractivity contribution in [3.63, 3.8) is 0 Å². The van der Waals surface area contributed by atoms with Crippen LogP contribution >= 0.6 is 11.3 Å². The largest absolute Gasteiger partial charge is 0.497 e. The molecule has 5 rings (SSSR count). The highest BCUT2D eigenvalue weighted by Crippen LogP contribution is 2.37. The fourth-order valence-electron chi connectivity index (χ4n) is 4.63. The molecular formula is C36H45N3O4S. The molecule has 0 unspecified atom stereocenters. The monoisotopic (exact) mass is 615 g/mol. The Balaban J connectivity index is 0.000000223. The number of methoxy groups -OCH3 is 2. The van der Waals surface area contributed by atoms with Gasteiger partial charge in [-0.1, -0.05) is 12.1 Å². The van der Waals surface area contributed by atoms with Gasteiger partial charge in [-0.3, -0.25) is 0 Å². The summed E-state index contributed by atoms with van der Waals surface area (Å²) in [6.45, 7) is 18.5. The number of benzene rings is 3. The molecule has 0 amide bonds. The number of anilines is 1. The minimum Gasteiger partial charge on any atom is -0.497 e. The van der Waals surface area contributed by atoms with Crippen LogP contribution in [0.5, 0.6) is 23.0 Å². The van der Waals surface area contributed by atoms with Crippen LogP contribution in [0.3, 0.4) is 0 Å². The van der Waals surface area contributed by atoms with Gasteiger partial charge < -0.3 is 24.3 Å². The van der Waals surface area contributed by atoms with Crippen molar-refractivity contribution in [2.24, 2.45) is 0 Å². The Labute approximate surface area is 265 Å². The first-order chi connectivity index (χ1) is 20.7. The molecular weight excluding hydrogens is 570 g/mol. The zero-order valence-electron chi connectivity index (χ0n) is 27.8. The van der Waals surface area contributed by atoms with Gasteiger partial charge in [0.25, 0.3) is 0 Å². The average Bonchev–Trinajstić information content (AvgIpc) is 3.40. The quantitative estimate of drug-likeness (QED) is 0.195. The first-order valence-electron chi connectivity index (χ1n) is 14.8. The molecule has 2 aromatic heterocycles. The van der Waals surface area contributed by atoms with Crippen LogP contribution in [-0.2, 0) is 0 Å². The summed E-state index contributed by atoms with van der Waals surface area (Å²) in [5.41, 5.74) is 3.00. The highest BCUT2D eigenvalue weighted by Gasteiger charge is 2.19. The highest BCUT2D eigenvalue weighted by atomic mass is 32.1. The molecule has 7 nitrogen and oxygen atoms in total. The number of rotatable bonds is 7. The van der Waals surface area contributed by atoms with Gasteiger partial charge in [-0.2, -0.15) is 0 Å². The van der Waals surface area contributed by atoms with Crippen LogP contribution in [0.15, 0.2) is 60.0 Å². The van der Waals surface area contributed by atoms with Gasteiger partial charge in [0.2, 0.25) is 0 Å². The number of fused-ring (bicyclic) bond motifs is 2. The van der Waals surface area contributed by atoms with Crippen molar-refractivity contribution in [2.75, 3.05) is 19.5 Å². The lowest BCUT2D eigenvalue weighted by Gasteiger charge is -2.23. The lowest BCUT2D eigenvalue weighted by molar-refractivity contribution is 0.132. The normalized spacial score (nSPS) is 11.7. The number of aryl methyl sites for hydroxylation is 1. The SMILES string of the molecule is COc1ccc2c(OC(C)(C)C)cc(-c3csc(NC(C)C)n3)nc2c1C.COc1ccc2c(OC(C)(C)C)cccc2c1. The van der Waals surface area contributed by atoms with Crippen LogP contribution < -0.4 is 24.3 Å². The number of nitrogens with zero attached hydrogens (tertiary/aromatic N) is 2. The molecule has 0 radical (unpaired) electrons. The fraction of sp³-hybridized carbons (Fsp3) is 0.389. The topological polar surface area (TPSA) is 74.7 Å². The van der Waals surface area contributed by atoms with Gasteiger partial charge in [-0.05, 0) is 104 Å². The van der Waals surface area contributed by atoms with E-state index in [-0.39, 0.29) is 11.2 Å². The molecule has 234 valence electrons. The number of thiazole rings is 1. The van der Waals surface area contributed by atoms with E-state index in [1.807, 2.05) is 81.6 Å². The lowest BCUT2D eigenvalue weighted by Crippen LogP contribution is -2.23. The van der Waals surface area contributed by atoms with E-state index in [9.17, 15) is 0 Å². The molecule has 0 saturated carbocycles. The Bertz CT molecular complexity index is 1730. The van der Waals surface area contributed by atoms with Crippen molar-refractivity contribution in [1.82, 2.24) is 9.97 Å². The molecule has 0 fully saturated rings. The smallest absolute Gasteiger partial charge is 0.183 e.